The Morgan fingerprint density at radius 3 is 3.00 bits per heavy atom. The molecule has 1 aliphatic heterocycles. The number of nitrogens with one attached hydrogen (secondary N) is 2. The highest BCUT2D eigenvalue weighted by molar-refractivity contribution is 7.13. The van der Waals surface area contributed by atoms with E-state index >= 15 is 0 Å². The van der Waals surface area contributed by atoms with Gasteiger partial charge in [0.05, 0.1) is 0 Å². The summed E-state index contributed by atoms with van der Waals surface area (Å²) in [6.45, 7) is 4.74. The minimum absolute atomic E-state index is 0.0834. The molecule has 0 saturated carbocycles. The molecular weight excluding hydrogens is 409 g/mol. The van der Waals surface area contributed by atoms with Crippen molar-refractivity contribution in [2.75, 3.05) is 31.6 Å². The second kappa shape index (κ2) is 11.1. The normalized spacial score (nSPS) is 16.9. The van der Waals surface area contributed by atoms with E-state index in [-0.39, 0.29) is 24.1 Å². The maximum Gasteiger partial charge on any atom is 0.286 e. The van der Waals surface area contributed by atoms with Crippen LogP contribution in [0, 0.1) is 5.82 Å². The number of benzene rings is 1. The second-order valence-electron chi connectivity index (χ2n) is 7.19. The number of ether oxygens (including phenoxy) is 1. The number of piperidine rings is 1. The Labute approximate surface area is 178 Å². The summed E-state index contributed by atoms with van der Waals surface area (Å²) in [5.74, 6) is -1.11. The molecule has 1 aromatic heterocycles. The van der Waals surface area contributed by atoms with Gasteiger partial charge in [0.25, 0.3) is 5.91 Å². The lowest BCUT2D eigenvalue weighted by atomic mass is 10.0. The number of rotatable bonds is 9. The van der Waals surface area contributed by atoms with Crippen LogP contribution in [-0.4, -0.2) is 59.2 Å². The first-order valence-electron chi connectivity index (χ1n) is 9.99. The molecule has 1 saturated heterocycles. The van der Waals surface area contributed by atoms with Crippen molar-refractivity contribution in [3.05, 3.63) is 40.1 Å². The molecule has 10 heteroatoms. The number of hydrogen-bond donors (Lipinski definition) is 2. The van der Waals surface area contributed by atoms with Crippen LogP contribution in [0.25, 0.3) is 0 Å². The van der Waals surface area contributed by atoms with Crippen LogP contribution in [0.3, 0.4) is 0 Å². The molecule has 0 unspecified atom stereocenters. The lowest BCUT2D eigenvalue weighted by Gasteiger charge is -2.33. The van der Waals surface area contributed by atoms with Gasteiger partial charge < -0.3 is 15.4 Å². The molecule has 1 fully saturated rings. The summed E-state index contributed by atoms with van der Waals surface area (Å²) in [5, 5.41) is 13.7. The summed E-state index contributed by atoms with van der Waals surface area (Å²) in [6.07, 6.45) is 3.70. The molecule has 2 aromatic rings. The summed E-state index contributed by atoms with van der Waals surface area (Å²) in [7, 11) is 0. The van der Waals surface area contributed by atoms with Crippen molar-refractivity contribution in [2.45, 2.75) is 38.8 Å². The van der Waals surface area contributed by atoms with Gasteiger partial charge in [0.2, 0.25) is 10.9 Å². The molecule has 0 bridgehead atoms. The maximum absolute atomic E-state index is 13.2. The van der Waals surface area contributed by atoms with Crippen molar-refractivity contribution < 1.29 is 18.7 Å². The highest BCUT2D eigenvalue weighted by Crippen LogP contribution is 2.16. The van der Waals surface area contributed by atoms with E-state index in [2.05, 4.69) is 32.7 Å². The zero-order valence-electron chi connectivity index (χ0n) is 16.9. The van der Waals surface area contributed by atoms with Crippen molar-refractivity contribution in [3.63, 3.8) is 0 Å². The first-order valence-corrected chi connectivity index (χ1v) is 10.8. The summed E-state index contributed by atoms with van der Waals surface area (Å²) in [6, 6.07) is 6.16. The van der Waals surface area contributed by atoms with Gasteiger partial charge in [0.15, 0.2) is 0 Å². The Morgan fingerprint density at radius 2 is 2.20 bits per heavy atom. The summed E-state index contributed by atoms with van der Waals surface area (Å²) < 4.78 is 18.6. The van der Waals surface area contributed by atoms with Crippen LogP contribution in [0.15, 0.2) is 24.3 Å². The van der Waals surface area contributed by atoms with E-state index in [4.69, 9.17) is 4.74 Å². The van der Waals surface area contributed by atoms with Crippen LogP contribution in [-0.2, 0) is 16.1 Å². The Kier molecular flexibility index (Phi) is 8.23. The molecule has 0 radical (unpaired) electrons. The summed E-state index contributed by atoms with van der Waals surface area (Å²) in [5.41, 5.74) is 0.337. The largest absolute Gasteiger partial charge is 0.364 e. The molecule has 0 aliphatic carbocycles. The number of likely N-dealkylation sites (tertiary alicyclic amines) is 1. The topological polar surface area (TPSA) is 96.5 Å². The highest BCUT2D eigenvalue weighted by Gasteiger charge is 2.18. The fourth-order valence-corrected chi connectivity index (χ4v) is 3.94. The molecule has 2 N–H and O–H groups in total. The van der Waals surface area contributed by atoms with Gasteiger partial charge in [-0.15, -0.1) is 10.2 Å². The zero-order chi connectivity index (χ0) is 21.3. The van der Waals surface area contributed by atoms with E-state index < -0.39 is 11.7 Å². The minimum atomic E-state index is -0.478. The number of halogens is 1. The Balaban J connectivity index is 1.34. The lowest BCUT2D eigenvalue weighted by Crippen LogP contribution is -2.43. The number of amides is 2. The van der Waals surface area contributed by atoms with Crippen molar-refractivity contribution in [2.24, 2.45) is 0 Å². The Bertz CT molecular complexity index is 862. The van der Waals surface area contributed by atoms with Crippen LogP contribution in [0.2, 0.25) is 0 Å². The molecule has 1 atom stereocenters. The van der Waals surface area contributed by atoms with Gasteiger partial charge in [-0.05, 0) is 44.5 Å². The molecule has 162 valence electrons. The van der Waals surface area contributed by atoms with Gasteiger partial charge in [-0.2, -0.15) is 0 Å². The predicted molar refractivity (Wildman–Crippen MR) is 112 cm³/mol. The van der Waals surface area contributed by atoms with Gasteiger partial charge in [0, 0.05) is 24.8 Å². The third-order valence-electron chi connectivity index (χ3n) is 4.86. The maximum atomic E-state index is 13.2. The first kappa shape index (κ1) is 22.3. The predicted octanol–water partition coefficient (Wildman–Crippen LogP) is 2.44. The van der Waals surface area contributed by atoms with Crippen LogP contribution < -0.4 is 10.6 Å². The number of carbonyl (C=O) groups excluding carboxylic acids is 2. The van der Waals surface area contributed by atoms with Gasteiger partial charge in [-0.25, -0.2) is 4.39 Å². The third kappa shape index (κ3) is 6.82. The van der Waals surface area contributed by atoms with E-state index in [9.17, 15) is 14.0 Å². The first-order chi connectivity index (χ1) is 14.5. The SMILES string of the molecule is C[C@H]1CCCCN1CCNC(=O)COCc1nnc(C(=O)Nc2cccc(F)c2)s1. The zero-order valence-corrected chi connectivity index (χ0v) is 17.7. The minimum Gasteiger partial charge on any atom is -0.364 e. The molecule has 0 spiro atoms. The highest BCUT2D eigenvalue weighted by atomic mass is 32.1. The van der Waals surface area contributed by atoms with E-state index in [0.29, 0.717) is 23.3 Å². The molecule has 1 aromatic carbocycles. The van der Waals surface area contributed by atoms with Crippen LogP contribution in [0.5, 0.6) is 0 Å². The standard InChI is InChI=1S/C20H26FN5O3S/c1-14-5-2-3-9-26(14)10-8-22-17(27)12-29-13-18-24-25-20(30-18)19(28)23-16-7-4-6-15(21)11-16/h4,6-7,11,14H,2-3,5,8-10,12-13H2,1H3,(H,22,27)(H,23,28)/t14-/m0/s1. The van der Waals surface area contributed by atoms with Crippen molar-refractivity contribution in [1.29, 1.82) is 0 Å². The van der Waals surface area contributed by atoms with E-state index in [0.717, 1.165) is 24.4 Å². The number of aromatic nitrogens is 2. The fourth-order valence-electron chi connectivity index (χ4n) is 3.27. The molecule has 2 heterocycles. The van der Waals surface area contributed by atoms with Crippen molar-refractivity contribution >= 4 is 28.8 Å². The van der Waals surface area contributed by atoms with Gasteiger partial charge in [-0.3, -0.25) is 14.5 Å². The number of anilines is 1. The molecule has 2 amide bonds. The van der Waals surface area contributed by atoms with Gasteiger partial charge in [-0.1, -0.05) is 23.8 Å². The van der Waals surface area contributed by atoms with Crippen LogP contribution in [0.4, 0.5) is 10.1 Å². The van der Waals surface area contributed by atoms with Crippen LogP contribution in [0.1, 0.15) is 41.0 Å². The summed E-state index contributed by atoms with van der Waals surface area (Å²) >= 11 is 1.06. The fraction of sp³-hybridized carbons (Fsp3) is 0.500. The van der Waals surface area contributed by atoms with Gasteiger partial charge >= 0.3 is 0 Å². The smallest absolute Gasteiger partial charge is 0.286 e. The molecule has 1 aliphatic rings. The van der Waals surface area contributed by atoms with E-state index in [1.165, 1.54) is 37.5 Å². The molecule has 8 nitrogen and oxygen atoms in total. The van der Waals surface area contributed by atoms with Crippen molar-refractivity contribution in [1.82, 2.24) is 20.4 Å². The third-order valence-corrected chi connectivity index (χ3v) is 5.76. The molecule has 3 rings (SSSR count). The van der Waals surface area contributed by atoms with E-state index in [1.54, 1.807) is 6.07 Å². The summed E-state index contributed by atoms with van der Waals surface area (Å²) in [4.78, 5) is 26.5. The Hall–Kier alpha value is -2.43. The lowest BCUT2D eigenvalue weighted by molar-refractivity contribution is -0.126. The quantitative estimate of drug-likeness (QED) is 0.628. The van der Waals surface area contributed by atoms with E-state index in [1.807, 2.05) is 0 Å². The number of nitrogens with zero attached hydrogens (tertiary/aromatic N) is 3. The van der Waals surface area contributed by atoms with Crippen molar-refractivity contribution in [3.8, 4) is 0 Å². The molecular formula is C20H26FN5O3S. The monoisotopic (exact) mass is 435 g/mol. The Morgan fingerprint density at radius 1 is 1.33 bits per heavy atom. The van der Waals surface area contributed by atoms with Gasteiger partial charge in [0.1, 0.15) is 24.0 Å². The number of hydrogen-bond acceptors (Lipinski definition) is 7. The molecule has 30 heavy (non-hydrogen) atoms. The number of carbonyl (C=O) groups is 2. The van der Waals surface area contributed by atoms with Crippen LogP contribution >= 0.6 is 11.3 Å². The average Bonchev–Trinajstić information content (AvgIpc) is 3.19. The average molecular weight is 436 g/mol. The second-order valence-corrected chi connectivity index (χ2v) is 8.25.